The highest BCUT2D eigenvalue weighted by atomic mass is 33.1. The van der Waals surface area contributed by atoms with Crippen LogP contribution in [0.25, 0.3) is 21.7 Å². The number of nitrogens with zero attached hydrogens (tertiary/aromatic N) is 10. The van der Waals surface area contributed by atoms with Crippen LogP contribution in [0.4, 0.5) is 27.8 Å². The molecule has 6 fully saturated rings. The monoisotopic (exact) mass is 1330 g/mol. The third kappa shape index (κ3) is 15.5. The van der Waals surface area contributed by atoms with E-state index in [0.29, 0.717) is 51.2 Å². The van der Waals surface area contributed by atoms with Crippen molar-refractivity contribution in [1.82, 2.24) is 40.4 Å². The number of pyridine rings is 1. The number of nitrogens with one attached hydrogen (secondary N) is 1. The summed E-state index contributed by atoms with van der Waals surface area (Å²) in [6.45, 7) is 17.1. The number of rotatable bonds is 22. The number of fused-ring (bicyclic) bond motifs is 2. The molecular formula is C67H86N12O11S3. The fourth-order valence-electron chi connectivity index (χ4n) is 14.2. The summed E-state index contributed by atoms with van der Waals surface area (Å²) in [4.78, 5) is 63.8. The minimum absolute atomic E-state index is 0.0182. The van der Waals surface area contributed by atoms with Gasteiger partial charge in [-0.1, -0.05) is 55.4 Å². The third-order valence-corrected chi connectivity index (χ3v) is 23.4. The zero-order valence-electron chi connectivity index (χ0n) is 53.9. The molecule has 8 atom stereocenters. The molecule has 1 saturated carbocycles. The number of aryl methyl sites for hydroxylation is 1. The van der Waals surface area contributed by atoms with E-state index in [1.807, 2.05) is 87.9 Å². The summed E-state index contributed by atoms with van der Waals surface area (Å²) in [6.07, 6.45) is 8.51. The summed E-state index contributed by atoms with van der Waals surface area (Å²) in [5.74, 6) is 0.967. The second-order valence-electron chi connectivity index (χ2n) is 26.5. The van der Waals surface area contributed by atoms with Gasteiger partial charge in [-0.2, -0.15) is 0 Å². The normalized spacial score (nSPS) is 23.5. The summed E-state index contributed by atoms with van der Waals surface area (Å²) in [5, 5.41) is 26.1. The van der Waals surface area contributed by atoms with Crippen LogP contribution >= 0.6 is 22.1 Å². The number of hydrogen-bond acceptors (Lipinski definition) is 23. The smallest absolute Gasteiger partial charge is 0.507 e. The van der Waals surface area contributed by atoms with Crippen LogP contribution < -0.4 is 30.5 Å². The van der Waals surface area contributed by atoms with Crippen molar-refractivity contribution in [2.45, 2.75) is 165 Å². The second kappa shape index (κ2) is 28.4. The molecule has 1 aliphatic carbocycles. The number of phenols is 1. The van der Waals surface area contributed by atoms with Gasteiger partial charge in [-0.15, -0.1) is 21.5 Å². The summed E-state index contributed by atoms with van der Waals surface area (Å²) < 4.78 is 54.4. The Labute approximate surface area is 551 Å². The molecule has 2 aromatic carbocycles. The van der Waals surface area contributed by atoms with E-state index in [4.69, 9.17) is 29.2 Å². The van der Waals surface area contributed by atoms with E-state index >= 15 is 0 Å². The first-order valence-electron chi connectivity index (χ1n) is 32.7. The number of carbonyl (C=O) groups excluding carboxylic acids is 3. The second-order valence-corrected chi connectivity index (χ2v) is 32.0. The number of likely N-dealkylation sites (tertiary alicyclic amines) is 2. The third-order valence-electron chi connectivity index (χ3n) is 19.4. The van der Waals surface area contributed by atoms with E-state index in [1.165, 1.54) is 4.90 Å². The molecular weight excluding hydrogens is 1250 g/mol. The van der Waals surface area contributed by atoms with Crippen molar-refractivity contribution in [3.05, 3.63) is 102 Å². The van der Waals surface area contributed by atoms with Crippen molar-refractivity contribution in [1.29, 1.82) is 0 Å². The molecule has 0 radical (unpaired) electrons. The van der Waals surface area contributed by atoms with E-state index in [9.17, 15) is 27.9 Å². The molecule has 23 nitrogen and oxygen atoms in total. The maximum absolute atomic E-state index is 15.0. The number of thiazole rings is 1. The summed E-state index contributed by atoms with van der Waals surface area (Å²) in [5.41, 5.74) is 14.2. The van der Waals surface area contributed by atoms with Crippen LogP contribution in [-0.2, 0) is 32.7 Å². The van der Waals surface area contributed by atoms with E-state index in [0.717, 1.165) is 137 Å². The lowest BCUT2D eigenvalue weighted by atomic mass is 9.91. The minimum Gasteiger partial charge on any atom is -0.507 e. The molecule has 498 valence electrons. The molecule has 93 heavy (non-hydrogen) atoms. The van der Waals surface area contributed by atoms with Crippen LogP contribution in [0.15, 0.2) is 89.0 Å². The maximum Gasteiger partial charge on any atom is 0.508 e. The van der Waals surface area contributed by atoms with Gasteiger partial charge in [0.1, 0.15) is 36.0 Å². The Hall–Kier alpha value is -7.26. The fraction of sp³-hybridized carbons (Fsp3) is 0.552. The Kier molecular flexibility index (Phi) is 20.1. The Balaban J connectivity index is 0.592. The van der Waals surface area contributed by atoms with Gasteiger partial charge < -0.3 is 64.1 Å². The number of anilines is 4. The zero-order valence-corrected chi connectivity index (χ0v) is 56.4. The molecule has 4 aromatic heterocycles. The van der Waals surface area contributed by atoms with Gasteiger partial charge >= 0.3 is 6.16 Å². The van der Waals surface area contributed by atoms with Gasteiger partial charge in [-0.3, -0.25) is 9.59 Å². The molecule has 4 unspecified atom stereocenters. The molecule has 5 aliphatic heterocycles. The molecule has 5 saturated heterocycles. The lowest BCUT2D eigenvalue weighted by molar-refractivity contribution is -0.141. The Morgan fingerprint density at radius 2 is 1.56 bits per heavy atom. The van der Waals surface area contributed by atoms with Gasteiger partial charge in [0.2, 0.25) is 17.7 Å². The van der Waals surface area contributed by atoms with Crippen molar-refractivity contribution < 1.29 is 51.4 Å². The average molecular weight is 1330 g/mol. The fourth-order valence-corrected chi connectivity index (χ4v) is 17.9. The molecule has 4 N–H and O–H groups in total. The highest BCUT2D eigenvalue weighted by Gasteiger charge is 2.47. The summed E-state index contributed by atoms with van der Waals surface area (Å²) in [6, 6.07) is 22.2. The van der Waals surface area contributed by atoms with Crippen LogP contribution in [0, 0.1) is 18.8 Å². The quantitative estimate of drug-likeness (QED) is 0.0421. The van der Waals surface area contributed by atoms with Gasteiger partial charge in [-0.25, -0.2) is 23.2 Å². The molecule has 6 aromatic rings. The van der Waals surface area contributed by atoms with Crippen LogP contribution in [0.1, 0.15) is 121 Å². The maximum atomic E-state index is 15.0. The number of benzene rings is 2. The number of aromatic nitrogens is 5. The van der Waals surface area contributed by atoms with E-state index < -0.39 is 56.4 Å². The number of amides is 2. The summed E-state index contributed by atoms with van der Waals surface area (Å²) in [7, 11) is -2.72. The number of piperazine rings is 1. The predicted octanol–water partition coefficient (Wildman–Crippen LogP) is 9.62. The molecule has 2 bridgehead atoms. The highest BCUT2D eigenvalue weighted by molar-refractivity contribution is 8.72. The Bertz CT molecular complexity index is 3690. The van der Waals surface area contributed by atoms with Crippen molar-refractivity contribution in [2.75, 3.05) is 79.0 Å². The van der Waals surface area contributed by atoms with Gasteiger partial charge in [0.05, 0.1) is 57.5 Å². The van der Waals surface area contributed by atoms with E-state index in [2.05, 4.69) is 62.4 Å². The summed E-state index contributed by atoms with van der Waals surface area (Å²) >= 11 is 1.56. The van der Waals surface area contributed by atoms with E-state index in [-0.39, 0.29) is 60.9 Å². The number of nitrogens with two attached hydrogens (primary N) is 1. The van der Waals surface area contributed by atoms with Gasteiger partial charge in [0, 0.05) is 113 Å². The molecule has 12 rings (SSSR count). The number of carbonyl (C=O) groups is 3. The van der Waals surface area contributed by atoms with E-state index in [1.54, 1.807) is 37.3 Å². The zero-order chi connectivity index (χ0) is 65.2. The van der Waals surface area contributed by atoms with Crippen LogP contribution in [0.2, 0.25) is 0 Å². The molecule has 26 heteroatoms. The van der Waals surface area contributed by atoms with Crippen molar-refractivity contribution in [3.63, 3.8) is 0 Å². The number of hydrogen-bond donors (Lipinski definition) is 3. The van der Waals surface area contributed by atoms with Crippen molar-refractivity contribution >= 4 is 72.0 Å². The highest BCUT2D eigenvalue weighted by Crippen LogP contribution is 2.42. The molecule has 6 aliphatic rings. The molecule has 9 heterocycles. The lowest BCUT2D eigenvalue weighted by Gasteiger charge is -2.43. The van der Waals surface area contributed by atoms with Crippen LogP contribution in [0.5, 0.6) is 11.6 Å². The van der Waals surface area contributed by atoms with Crippen LogP contribution in [-0.4, -0.2) is 179 Å². The number of ether oxygens (including phenoxy) is 4. The first-order chi connectivity index (χ1) is 44.7. The first-order valence-corrected chi connectivity index (χ1v) is 36.9. The Morgan fingerprint density at radius 3 is 2.25 bits per heavy atom. The van der Waals surface area contributed by atoms with Crippen molar-refractivity contribution in [3.8, 4) is 33.3 Å². The minimum atomic E-state index is -3.41. The average Bonchev–Trinajstić information content (AvgIpc) is 1.70. The van der Waals surface area contributed by atoms with Gasteiger partial charge in [-0.05, 0) is 124 Å². The predicted molar refractivity (Wildman–Crippen MR) is 358 cm³/mol. The SMILES string of the molecule is Cc1ncsc1-c1ccc([C@H](C)NC(=O)[C@@H]2C[C@@H](OC(=O)OC(C)C(C)SS(C)(=O)=O)CN2C(=O)[C@@H](c2cc(N3CCC(CN4CCC(OC5CC(Oc6cc(N7C8CCC7CN(c7cc(-c9ccccc9O)nnc7N)C8)ccn6)C5)CC4)CC3)no2)C(C)C)cc1. The number of phenolic OH excluding ortho intramolecular Hbond substituents is 1. The standard InChI is InChI=1S/C67H86N12O11S3/c1-39(2)62(66(82)78-37-53(89-67(83)86-42(5)43(6)92-93(7,84)85)31-57(78)65(81)71-40(3)45-12-14-46(15-13-45)63-41(4)70-38-91-63)59-33-60(74-90-59)76-26-19-44(20-27-76)34-75-24-21-50(22-25-75)87-51-29-52(30-51)88-61-28-47(18-23-69-61)79-48-16-17-49(79)36-77(35-48)56-32-55(72-73-64(56)68)54-10-8-9-11-58(54)80/h8-15,18,23,28,32-33,38-40,42-44,48-53,57,62,80H,16-17,19-22,24-27,29-31,34-37H2,1-7H3,(H2,68,73)(H,71,81)/t40-,42?,43?,48?,49?,51?,52?,53+,57-,62+/m0/s1. The topological polar surface area (TPSA) is 274 Å². The number of piperidine rings is 2. The number of nitrogen functional groups attached to an aromatic ring is 1. The van der Waals surface area contributed by atoms with Crippen LogP contribution in [0.3, 0.4) is 0 Å². The van der Waals surface area contributed by atoms with Gasteiger partial charge in [0.25, 0.3) is 0 Å². The largest absolute Gasteiger partial charge is 0.508 e. The molecule has 2 amide bonds. The van der Waals surface area contributed by atoms with Crippen molar-refractivity contribution in [2.24, 2.45) is 11.8 Å². The lowest BCUT2D eigenvalue weighted by Crippen LogP contribution is -2.54. The number of para-hydroxylation sites is 1. The first kappa shape index (κ1) is 65.8. The molecule has 0 spiro atoms. The van der Waals surface area contributed by atoms with Gasteiger partial charge in [0.15, 0.2) is 26.3 Å². The Morgan fingerprint density at radius 1 is 0.828 bits per heavy atom. The number of aromatic hydroxyl groups is 1.